The number of rotatable bonds is 6. The highest BCUT2D eigenvalue weighted by Gasteiger charge is 2.30. The SMILES string of the molecule is CCC(CC)(CNC(=O)C1CNCCO1)c1ccccc1. The van der Waals surface area contributed by atoms with E-state index in [-0.39, 0.29) is 17.4 Å². The summed E-state index contributed by atoms with van der Waals surface area (Å²) in [7, 11) is 0. The molecular formula is C17H26N2O2. The fraction of sp³-hybridized carbons (Fsp3) is 0.588. The van der Waals surface area contributed by atoms with Crippen LogP contribution in [-0.4, -0.2) is 38.3 Å². The number of hydrogen-bond donors (Lipinski definition) is 2. The van der Waals surface area contributed by atoms with Crippen LogP contribution in [0, 0.1) is 0 Å². The van der Waals surface area contributed by atoms with Crippen LogP contribution in [-0.2, 0) is 14.9 Å². The molecule has 1 aromatic carbocycles. The van der Waals surface area contributed by atoms with Crippen molar-refractivity contribution in [3.63, 3.8) is 0 Å². The summed E-state index contributed by atoms with van der Waals surface area (Å²) in [6.45, 7) is 7.04. The molecule has 4 nitrogen and oxygen atoms in total. The summed E-state index contributed by atoms with van der Waals surface area (Å²) < 4.78 is 5.50. The zero-order chi connectivity index (χ0) is 15.1. The zero-order valence-electron chi connectivity index (χ0n) is 13.0. The summed E-state index contributed by atoms with van der Waals surface area (Å²) >= 11 is 0. The molecule has 2 rings (SSSR count). The van der Waals surface area contributed by atoms with Gasteiger partial charge in [0, 0.05) is 25.0 Å². The van der Waals surface area contributed by atoms with Gasteiger partial charge in [-0.25, -0.2) is 0 Å². The summed E-state index contributed by atoms with van der Waals surface area (Å²) in [6.07, 6.45) is 1.63. The van der Waals surface area contributed by atoms with Crippen molar-refractivity contribution in [2.24, 2.45) is 0 Å². The minimum Gasteiger partial charge on any atom is -0.366 e. The van der Waals surface area contributed by atoms with Crippen LogP contribution in [0.25, 0.3) is 0 Å². The standard InChI is InChI=1S/C17H26N2O2/c1-3-17(4-2,14-8-6-5-7-9-14)13-19-16(20)15-12-18-10-11-21-15/h5-9,15,18H,3-4,10-13H2,1-2H3,(H,19,20). The van der Waals surface area contributed by atoms with Crippen molar-refractivity contribution in [1.29, 1.82) is 0 Å². The third-order valence-electron chi connectivity index (χ3n) is 4.56. The van der Waals surface area contributed by atoms with E-state index < -0.39 is 0 Å². The molecule has 4 heteroatoms. The van der Waals surface area contributed by atoms with Gasteiger partial charge >= 0.3 is 0 Å². The lowest BCUT2D eigenvalue weighted by Gasteiger charge is -2.33. The van der Waals surface area contributed by atoms with E-state index in [2.05, 4.69) is 48.7 Å². The number of carbonyl (C=O) groups is 1. The monoisotopic (exact) mass is 290 g/mol. The molecule has 0 aromatic heterocycles. The van der Waals surface area contributed by atoms with Gasteiger partial charge in [0.15, 0.2) is 0 Å². The number of ether oxygens (including phenoxy) is 1. The van der Waals surface area contributed by atoms with E-state index in [1.54, 1.807) is 0 Å². The molecule has 1 atom stereocenters. The maximum atomic E-state index is 12.2. The highest BCUT2D eigenvalue weighted by molar-refractivity contribution is 5.81. The molecule has 1 aliphatic rings. The Kier molecular flexibility index (Phi) is 5.76. The van der Waals surface area contributed by atoms with Gasteiger partial charge in [-0.15, -0.1) is 0 Å². The van der Waals surface area contributed by atoms with Gasteiger partial charge in [0.1, 0.15) is 6.10 Å². The number of nitrogens with one attached hydrogen (secondary N) is 2. The zero-order valence-corrected chi connectivity index (χ0v) is 13.0. The molecule has 0 saturated carbocycles. The summed E-state index contributed by atoms with van der Waals surface area (Å²) in [4.78, 5) is 12.2. The molecule has 1 heterocycles. The van der Waals surface area contributed by atoms with Crippen molar-refractivity contribution in [1.82, 2.24) is 10.6 Å². The molecule has 1 aromatic rings. The van der Waals surface area contributed by atoms with Gasteiger partial charge in [-0.1, -0.05) is 44.2 Å². The van der Waals surface area contributed by atoms with Crippen LogP contribution < -0.4 is 10.6 Å². The van der Waals surface area contributed by atoms with Crippen LogP contribution in [0.5, 0.6) is 0 Å². The fourth-order valence-electron chi connectivity index (χ4n) is 2.91. The second-order valence-corrected chi connectivity index (χ2v) is 5.63. The number of amides is 1. The Hall–Kier alpha value is -1.39. The van der Waals surface area contributed by atoms with Crippen LogP contribution in [0.4, 0.5) is 0 Å². The summed E-state index contributed by atoms with van der Waals surface area (Å²) in [5, 5.41) is 6.28. The molecule has 1 saturated heterocycles. The Bertz CT molecular complexity index is 437. The molecular weight excluding hydrogens is 264 g/mol. The lowest BCUT2D eigenvalue weighted by Crippen LogP contribution is -2.50. The second kappa shape index (κ2) is 7.57. The molecule has 116 valence electrons. The molecule has 1 fully saturated rings. The first-order valence-corrected chi connectivity index (χ1v) is 7.87. The highest BCUT2D eigenvalue weighted by atomic mass is 16.5. The van der Waals surface area contributed by atoms with Gasteiger partial charge < -0.3 is 15.4 Å². The average molecular weight is 290 g/mol. The third-order valence-corrected chi connectivity index (χ3v) is 4.56. The summed E-state index contributed by atoms with van der Waals surface area (Å²) in [5.41, 5.74) is 1.29. The smallest absolute Gasteiger partial charge is 0.250 e. The molecule has 0 spiro atoms. The summed E-state index contributed by atoms with van der Waals surface area (Å²) in [6, 6.07) is 10.5. The summed E-state index contributed by atoms with van der Waals surface area (Å²) in [5.74, 6) is -0.00981. The van der Waals surface area contributed by atoms with Crippen molar-refractivity contribution < 1.29 is 9.53 Å². The van der Waals surface area contributed by atoms with Crippen LogP contribution in [0.2, 0.25) is 0 Å². The average Bonchev–Trinajstić information content (AvgIpc) is 2.58. The molecule has 0 aliphatic carbocycles. The van der Waals surface area contributed by atoms with Crippen molar-refractivity contribution in [3.8, 4) is 0 Å². The number of morpholine rings is 1. The van der Waals surface area contributed by atoms with E-state index in [0.717, 1.165) is 19.4 Å². The first-order valence-electron chi connectivity index (χ1n) is 7.87. The van der Waals surface area contributed by atoms with Crippen molar-refractivity contribution in [2.75, 3.05) is 26.2 Å². The first kappa shape index (κ1) is 16.0. The van der Waals surface area contributed by atoms with E-state index in [0.29, 0.717) is 19.7 Å². The molecule has 1 amide bonds. The van der Waals surface area contributed by atoms with Crippen LogP contribution in [0.1, 0.15) is 32.3 Å². The van der Waals surface area contributed by atoms with E-state index in [9.17, 15) is 4.79 Å². The van der Waals surface area contributed by atoms with E-state index >= 15 is 0 Å². The van der Waals surface area contributed by atoms with Crippen molar-refractivity contribution in [2.45, 2.75) is 38.2 Å². The third kappa shape index (κ3) is 3.83. The van der Waals surface area contributed by atoms with Gasteiger partial charge in [-0.2, -0.15) is 0 Å². The van der Waals surface area contributed by atoms with E-state index in [1.807, 2.05) is 6.07 Å². The quantitative estimate of drug-likeness (QED) is 0.840. The molecule has 21 heavy (non-hydrogen) atoms. The highest BCUT2D eigenvalue weighted by Crippen LogP contribution is 2.30. The largest absolute Gasteiger partial charge is 0.366 e. The normalized spacial score (nSPS) is 19.2. The Morgan fingerprint density at radius 2 is 2.05 bits per heavy atom. The van der Waals surface area contributed by atoms with Gasteiger partial charge in [-0.3, -0.25) is 4.79 Å². The second-order valence-electron chi connectivity index (χ2n) is 5.63. The minimum atomic E-state index is -0.360. The maximum absolute atomic E-state index is 12.2. The number of carbonyl (C=O) groups excluding carboxylic acids is 1. The Labute approximate surface area is 127 Å². The Morgan fingerprint density at radius 3 is 2.62 bits per heavy atom. The van der Waals surface area contributed by atoms with Gasteiger partial charge in [-0.05, 0) is 18.4 Å². The number of benzene rings is 1. The topological polar surface area (TPSA) is 50.4 Å². The van der Waals surface area contributed by atoms with E-state index in [4.69, 9.17) is 4.74 Å². The molecule has 0 bridgehead atoms. The molecule has 1 unspecified atom stereocenters. The molecule has 2 N–H and O–H groups in total. The molecule has 0 radical (unpaired) electrons. The van der Waals surface area contributed by atoms with Crippen LogP contribution >= 0.6 is 0 Å². The van der Waals surface area contributed by atoms with Gasteiger partial charge in [0.05, 0.1) is 6.61 Å². The van der Waals surface area contributed by atoms with Crippen molar-refractivity contribution in [3.05, 3.63) is 35.9 Å². The Morgan fingerprint density at radius 1 is 1.33 bits per heavy atom. The predicted octanol–water partition coefficient (Wildman–Crippen LogP) is 1.85. The van der Waals surface area contributed by atoms with Gasteiger partial charge in [0.2, 0.25) is 5.91 Å². The van der Waals surface area contributed by atoms with Crippen molar-refractivity contribution >= 4 is 5.91 Å². The predicted molar refractivity (Wildman–Crippen MR) is 84.3 cm³/mol. The lowest BCUT2D eigenvalue weighted by atomic mass is 9.76. The van der Waals surface area contributed by atoms with Crippen LogP contribution in [0.15, 0.2) is 30.3 Å². The number of hydrogen-bond acceptors (Lipinski definition) is 3. The Balaban J connectivity index is 2.01. The van der Waals surface area contributed by atoms with Gasteiger partial charge in [0.25, 0.3) is 0 Å². The molecule has 1 aliphatic heterocycles. The minimum absolute atomic E-state index is 0.000977. The van der Waals surface area contributed by atoms with E-state index in [1.165, 1.54) is 5.56 Å². The van der Waals surface area contributed by atoms with Crippen LogP contribution in [0.3, 0.4) is 0 Å². The fourth-order valence-corrected chi connectivity index (χ4v) is 2.91. The maximum Gasteiger partial charge on any atom is 0.250 e. The first-order chi connectivity index (χ1) is 10.2. The lowest BCUT2D eigenvalue weighted by molar-refractivity contribution is -0.134.